The zero-order valence-corrected chi connectivity index (χ0v) is 12.7. The van der Waals surface area contributed by atoms with Gasteiger partial charge in [0, 0.05) is 31.7 Å². The number of amides is 1. The number of halogens is 1. The number of benzene rings is 1. The minimum atomic E-state index is -0.205. The molecule has 1 aromatic rings. The molecule has 0 saturated carbocycles. The van der Waals surface area contributed by atoms with Crippen molar-refractivity contribution in [3.8, 4) is 0 Å². The van der Waals surface area contributed by atoms with E-state index in [9.17, 15) is 9.18 Å². The Morgan fingerprint density at radius 3 is 2.71 bits per heavy atom. The molecule has 2 rings (SSSR count). The van der Waals surface area contributed by atoms with E-state index in [1.54, 1.807) is 12.1 Å². The molecular weight excluding hydrogens is 269 g/mol. The van der Waals surface area contributed by atoms with Crippen LogP contribution in [0.5, 0.6) is 0 Å². The maximum atomic E-state index is 13.4. The van der Waals surface area contributed by atoms with Crippen LogP contribution in [0.3, 0.4) is 0 Å². The molecule has 116 valence electrons. The number of nitrogens with zero attached hydrogens (tertiary/aromatic N) is 1. The molecule has 0 atom stereocenters. The lowest BCUT2D eigenvalue weighted by Gasteiger charge is -2.31. The molecule has 0 spiro atoms. The summed E-state index contributed by atoms with van der Waals surface area (Å²) in [6.45, 7) is 4.63. The maximum absolute atomic E-state index is 13.4. The number of rotatable bonds is 6. The van der Waals surface area contributed by atoms with Gasteiger partial charge in [0.25, 0.3) is 0 Å². The standard InChI is InChI=1S/C17H24FNO2/c1-2-17(20)19-10-7-14(8-11-19)9-12-21-13-15-5-3-4-6-16(15)18/h3-6,14H,2,7-13H2,1H3. The molecule has 1 fully saturated rings. The van der Waals surface area contributed by atoms with Crippen molar-refractivity contribution < 1.29 is 13.9 Å². The number of hydrogen-bond donors (Lipinski definition) is 0. The Balaban J connectivity index is 1.62. The largest absolute Gasteiger partial charge is 0.377 e. The third-order valence-corrected chi connectivity index (χ3v) is 4.16. The van der Waals surface area contributed by atoms with Crippen LogP contribution in [0.4, 0.5) is 4.39 Å². The van der Waals surface area contributed by atoms with Gasteiger partial charge in [0.05, 0.1) is 6.61 Å². The Morgan fingerprint density at radius 2 is 2.05 bits per heavy atom. The molecule has 0 aliphatic carbocycles. The van der Waals surface area contributed by atoms with Gasteiger partial charge in [-0.25, -0.2) is 4.39 Å². The van der Waals surface area contributed by atoms with Crippen LogP contribution >= 0.6 is 0 Å². The van der Waals surface area contributed by atoms with Crippen LogP contribution in [0.25, 0.3) is 0 Å². The van der Waals surface area contributed by atoms with E-state index in [1.165, 1.54) is 6.07 Å². The Labute approximate surface area is 126 Å². The Bertz CT molecular complexity index is 456. The first kappa shape index (κ1) is 16.0. The number of likely N-dealkylation sites (tertiary alicyclic amines) is 1. The van der Waals surface area contributed by atoms with Crippen LogP contribution in [0.1, 0.15) is 38.2 Å². The first-order valence-electron chi connectivity index (χ1n) is 7.79. The number of carbonyl (C=O) groups is 1. The topological polar surface area (TPSA) is 29.5 Å². The van der Waals surface area contributed by atoms with E-state index in [4.69, 9.17) is 4.74 Å². The molecule has 1 aliphatic rings. The molecule has 21 heavy (non-hydrogen) atoms. The summed E-state index contributed by atoms with van der Waals surface area (Å²) >= 11 is 0. The van der Waals surface area contributed by atoms with E-state index in [-0.39, 0.29) is 11.7 Å². The van der Waals surface area contributed by atoms with Crippen LogP contribution in [0, 0.1) is 11.7 Å². The minimum Gasteiger partial charge on any atom is -0.377 e. The van der Waals surface area contributed by atoms with Gasteiger partial charge in [-0.1, -0.05) is 25.1 Å². The SMILES string of the molecule is CCC(=O)N1CCC(CCOCc2ccccc2F)CC1. The van der Waals surface area contributed by atoms with Crippen molar-refractivity contribution in [2.24, 2.45) is 5.92 Å². The molecule has 0 aromatic heterocycles. The lowest BCUT2D eigenvalue weighted by molar-refractivity contribution is -0.132. The predicted octanol–water partition coefficient (Wildman–Crippen LogP) is 3.38. The van der Waals surface area contributed by atoms with Gasteiger partial charge in [0.15, 0.2) is 0 Å². The van der Waals surface area contributed by atoms with E-state index in [0.717, 1.165) is 32.4 Å². The molecule has 0 bridgehead atoms. The Hall–Kier alpha value is -1.42. The molecule has 1 aromatic carbocycles. The fraction of sp³-hybridized carbons (Fsp3) is 0.588. The van der Waals surface area contributed by atoms with Gasteiger partial charge in [-0.2, -0.15) is 0 Å². The maximum Gasteiger partial charge on any atom is 0.222 e. The molecule has 1 saturated heterocycles. The van der Waals surface area contributed by atoms with Gasteiger partial charge >= 0.3 is 0 Å². The highest BCUT2D eigenvalue weighted by atomic mass is 19.1. The Kier molecular flexibility index (Phi) is 6.18. The second kappa shape index (κ2) is 8.13. The van der Waals surface area contributed by atoms with Gasteiger partial charge in [-0.05, 0) is 31.2 Å². The minimum absolute atomic E-state index is 0.205. The molecular formula is C17H24FNO2. The van der Waals surface area contributed by atoms with E-state index in [1.807, 2.05) is 17.9 Å². The molecule has 1 heterocycles. The molecule has 3 nitrogen and oxygen atoms in total. The van der Waals surface area contributed by atoms with Crippen LogP contribution in [-0.2, 0) is 16.1 Å². The summed E-state index contributed by atoms with van der Waals surface area (Å²) in [4.78, 5) is 13.5. The summed E-state index contributed by atoms with van der Waals surface area (Å²) in [5.41, 5.74) is 0.612. The van der Waals surface area contributed by atoms with Crippen molar-refractivity contribution >= 4 is 5.91 Å². The summed E-state index contributed by atoms with van der Waals surface area (Å²) in [6, 6.07) is 6.72. The quantitative estimate of drug-likeness (QED) is 0.753. The summed E-state index contributed by atoms with van der Waals surface area (Å²) in [5, 5.41) is 0. The molecule has 1 amide bonds. The zero-order valence-electron chi connectivity index (χ0n) is 12.7. The van der Waals surface area contributed by atoms with Crippen LogP contribution in [0.2, 0.25) is 0 Å². The van der Waals surface area contributed by atoms with Crippen LogP contribution in [-0.4, -0.2) is 30.5 Å². The molecule has 0 radical (unpaired) electrons. The van der Waals surface area contributed by atoms with Crippen molar-refractivity contribution in [3.63, 3.8) is 0 Å². The summed E-state index contributed by atoms with van der Waals surface area (Å²) < 4.78 is 19.0. The van der Waals surface area contributed by atoms with Gasteiger partial charge in [-0.15, -0.1) is 0 Å². The normalized spacial score (nSPS) is 16.2. The molecule has 4 heteroatoms. The summed E-state index contributed by atoms with van der Waals surface area (Å²) in [5.74, 6) is 0.666. The van der Waals surface area contributed by atoms with E-state index < -0.39 is 0 Å². The van der Waals surface area contributed by atoms with Crippen LogP contribution in [0.15, 0.2) is 24.3 Å². The second-order valence-electron chi connectivity index (χ2n) is 5.61. The monoisotopic (exact) mass is 293 g/mol. The lowest BCUT2D eigenvalue weighted by atomic mass is 9.94. The lowest BCUT2D eigenvalue weighted by Crippen LogP contribution is -2.38. The van der Waals surface area contributed by atoms with Crippen molar-refractivity contribution in [2.45, 2.75) is 39.2 Å². The first-order valence-corrected chi connectivity index (χ1v) is 7.79. The second-order valence-corrected chi connectivity index (χ2v) is 5.61. The highest BCUT2D eigenvalue weighted by molar-refractivity contribution is 5.75. The fourth-order valence-electron chi connectivity index (χ4n) is 2.74. The van der Waals surface area contributed by atoms with Crippen molar-refractivity contribution in [2.75, 3.05) is 19.7 Å². The number of hydrogen-bond acceptors (Lipinski definition) is 2. The first-order chi connectivity index (χ1) is 10.2. The fourth-order valence-corrected chi connectivity index (χ4v) is 2.74. The highest BCUT2D eigenvalue weighted by Gasteiger charge is 2.21. The predicted molar refractivity (Wildman–Crippen MR) is 80.3 cm³/mol. The van der Waals surface area contributed by atoms with Crippen molar-refractivity contribution in [3.05, 3.63) is 35.6 Å². The molecule has 0 N–H and O–H groups in total. The van der Waals surface area contributed by atoms with Crippen molar-refractivity contribution in [1.82, 2.24) is 4.90 Å². The van der Waals surface area contributed by atoms with Gasteiger partial charge < -0.3 is 9.64 Å². The third-order valence-electron chi connectivity index (χ3n) is 4.16. The average molecular weight is 293 g/mol. The highest BCUT2D eigenvalue weighted by Crippen LogP contribution is 2.21. The Morgan fingerprint density at radius 1 is 1.33 bits per heavy atom. The van der Waals surface area contributed by atoms with E-state index in [0.29, 0.717) is 31.1 Å². The number of ether oxygens (including phenoxy) is 1. The number of carbonyl (C=O) groups excluding carboxylic acids is 1. The van der Waals surface area contributed by atoms with E-state index >= 15 is 0 Å². The van der Waals surface area contributed by atoms with Gasteiger partial charge in [0.1, 0.15) is 5.82 Å². The smallest absolute Gasteiger partial charge is 0.222 e. The summed E-state index contributed by atoms with van der Waals surface area (Å²) in [6.07, 6.45) is 3.68. The van der Waals surface area contributed by atoms with Crippen LogP contribution < -0.4 is 0 Å². The van der Waals surface area contributed by atoms with E-state index in [2.05, 4.69) is 0 Å². The summed E-state index contributed by atoms with van der Waals surface area (Å²) in [7, 11) is 0. The number of piperidine rings is 1. The third kappa shape index (κ3) is 4.81. The molecule has 1 aliphatic heterocycles. The zero-order chi connectivity index (χ0) is 15.1. The van der Waals surface area contributed by atoms with Gasteiger partial charge in [0.2, 0.25) is 5.91 Å². The van der Waals surface area contributed by atoms with Gasteiger partial charge in [-0.3, -0.25) is 4.79 Å². The van der Waals surface area contributed by atoms with Crippen molar-refractivity contribution in [1.29, 1.82) is 0 Å². The molecule has 0 unspecified atom stereocenters. The average Bonchev–Trinajstić information content (AvgIpc) is 2.53.